The van der Waals surface area contributed by atoms with Crippen molar-refractivity contribution in [3.8, 4) is 11.6 Å². The van der Waals surface area contributed by atoms with Crippen LogP contribution >= 0.6 is 22.6 Å². The summed E-state index contributed by atoms with van der Waals surface area (Å²) >= 11 is 1.92. The Hall–Kier alpha value is -1.41. The second-order valence-electron chi connectivity index (χ2n) is 3.59. The molecule has 2 N–H and O–H groups in total. The molecule has 0 radical (unpaired) electrons. The van der Waals surface area contributed by atoms with E-state index in [0.717, 1.165) is 5.56 Å². The Labute approximate surface area is 118 Å². The van der Waals surface area contributed by atoms with Crippen molar-refractivity contribution >= 4 is 22.6 Å². The van der Waals surface area contributed by atoms with Crippen molar-refractivity contribution in [2.75, 3.05) is 7.05 Å². The summed E-state index contributed by atoms with van der Waals surface area (Å²) in [4.78, 5) is 18.0. The number of aromatic amines is 1. The van der Waals surface area contributed by atoms with Crippen LogP contribution in [0, 0.1) is 3.57 Å². The minimum absolute atomic E-state index is 0.202. The van der Waals surface area contributed by atoms with Crippen LogP contribution in [0.2, 0.25) is 0 Å². The smallest absolute Gasteiger partial charge is 0.268 e. The maximum absolute atomic E-state index is 11.4. The van der Waals surface area contributed by atoms with E-state index < -0.39 is 0 Å². The average molecular weight is 357 g/mol. The number of ether oxygens (including phenoxy) is 1. The predicted octanol–water partition coefficient (Wildman–Crippen LogP) is 1.89. The van der Waals surface area contributed by atoms with Crippen molar-refractivity contribution in [2.45, 2.75) is 6.54 Å². The molecule has 0 saturated heterocycles. The van der Waals surface area contributed by atoms with E-state index in [1.807, 2.05) is 53.9 Å². The molecule has 1 aromatic carbocycles. The molecule has 94 valence electrons. The third-order valence-corrected chi connectivity index (χ3v) is 3.26. The Morgan fingerprint density at radius 3 is 3.00 bits per heavy atom. The monoisotopic (exact) mass is 357 g/mol. The van der Waals surface area contributed by atoms with Crippen molar-refractivity contribution in [2.24, 2.45) is 0 Å². The normalized spacial score (nSPS) is 10.3. The van der Waals surface area contributed by atoms with Crippen molar-refractivity contribution in [1.29, 1.82) is 0 Å². The lowest BCUT2D eigenvalue weighted by molar-refractivity contribution is 0.449. The van der Waals surface area contributed by atoms with Crippen molar-refractivity contribution in [1.82, 2.24) is 15.3 Å². The highest BCUT2D eigenvalue weighted by molar-refractivity contribution is 14.1. The van der Waals surface area contributed by atoms with Gasteiger partial charge < -0.3 is 15.0 Å². The van der Waals surface area contributed by atoms with Crippen LogP contribution in [0.25, 0.3) is 0 Å². The Kier molecular flexibility index (Phi) is 4.32. The van der Waals surface area contributed by atoms with Gasteiger partial charge in [-0.05, 0) is 35.7 Å². The average Bonchev–Trinajstić information content (AvgIpc) is 2.37. The fourth-order valence-corrected chi connectivity index (χ4v) is 1.89. The number of aromatic nitrogens is 2. The molecule has 1 heterocycles. The molecule has 1 aromatic heterocycles. The van der Waals surface area contributed by atoms with Gasteiger partial charge in [0.1, 0.15) is 9.32 Å². The summed E-state index contributed by atoms with van der Waals surface area (Å²) in [6.07, 6.45) is 1.33. The summed E-state index contributed by atoms with van der Waals surface area (Å²) in [7, 11) is 1.87. The van der Waals surface area contributed by atoms with Gasteiger partial charge in [0.2, 0.25) is 5.88 Å². The van der Waals surface area contributed by atoms with E-state index in [0.29, 0.717) is 21.7 Å². The molecule has 2 aromatic rings. The van der Waals surface area contributed by atoms with Crippen LogP contribution in [-0.4, -0.2) is 17.0 Å². The van der Waals surface area contributed by atoms with Crippen LogP contribution < -0.4 is 15.6 Å². The number of hydrogen-bond donors (Lipinski definition) is 2. The second-order valence-corrected chi connectivity index (χ2v) is 4.67. The minimum atomic E-state index is -0.202. The van der Waals surface area contributed by atoms with Crippen LogP contribution in [0.1, 0.15) is 5.56 Å². The minimum Gasteiger partial charge on any atom is -0.437 e. The highest BCUT2D eigenvalue weighted by Crippen LogP contribution is 2.25. The Morgan fingerprint density at radius 2 is 2.22 bits per heavy atom. The van der Waals surface area contributed by atoms with Gasteiger partial charge in [-0.3, -0.25) is 4.79 Å². The highest BCUT2D eigenvalue weighted by Gasteiger charge is 2.09. The van der Waals surface area contributed by atoms with E-state index >= 15 is 0 Å². The zero-order chi connectivity index (χ0) is 13.0. The number of H-pyrrole nitrogens is 1. The molecule has 2 rings (SSSR count). The number of nitrogens with one attached hydrogen (secondary N) is 2. The van der Waals surface area contributed by atoms with Crippen LogP contribution in [0.5, 0.6) is 11.6 Å². The number of nitrogens with zero attached hydrogens (tertiary/aromatic N) is 1. The van der Waals surface area contributed by atoms with E-state index in [2.05, 4.69) is 15.3 Å². The second kappa shape index (κ2) is 5.96. The molecule has 0 amide bonds. The first-order valence-electron chi connectivity index (χ1n) is 5.36. The van der Waals surface area contributed by atoms with Gasteiger partial charge in [0.15, 0.2) is 0 Å². The third kappa shape index (κ3) is 2.88. The van der Waals surface area contributed by atoms with Gasteiger partial charge in [0.25, 0.3) is 5.56 Å². The van der Waals surface area contributed by atoms with E-state index in [1.165, 1.54) is 6.33 Å². The zero-order valence-corrected chi connectivity index (χ0v) is 11.9. The van der Waals surface area contributed by atoms with Gasteiger partial charge in [-0.25, -0.2) is 4.98 Å². The lowest BCUT2D eigenvalue weighted by Crippen LogP contribution is -2.12. The molecule has 5 nitrogen and oxygen atoms in total. The largest absolute Gasteiger partial charge is 0.437 e. The fourth-order valence-electron chi connectivity index (χ4n) is 1.48. The highest BCUT2D eigenvalue weighted by atomic mass is 127. The number of rotatable bonds is 4. The zero-order valence-electron chi connectivity index (χ0n) is 9.74. The maximum Gasteiger partial charge on any atom is 0.268 e. The molecule has 0 aliphatic rings. The van der Waals surface area contributed by atoms with Gasteiger partial charge in [0, 0.05) is 12.1 Å². The lowest BCUT2D eigenvalue weighted by atomic mass is 10.2. The summed E-state index contributed by atoms with van der Waals surface area (Å²) in [6, 6.07) is 7.64. The van der Waals surface area contributed by atoms with E-state index in [9.17, 15) is 4.79 Å². The summed E-state index contributed by atoms with van der Waals surface area (Å²) in [5.74, 6) is 1.02. The maximum atomic E-state index is 11.4. The summed E-state index contributed by atoms with van der Waals surface area (Å²) in [5.41, 5.74) is 0.810. The molecule has 0 saturated carbocycles. The van der Waals surface area contributed by atoms with Crippen molar-refractivity contribution in [3.05, 3.63) is 50.1 Å². The SMILES string of the molecule is CNCc1ccccc1Oc1nc[nH]c(=O)c1I. The predicted molar refractivity (Wildman–Crippen MR) is 76.9 cm³/mol. The molecule has 0 fully saturated rings. The van der Waals surface area contributed by atoms with Crippen molar-refractivity contribution in [3.63, 3.8) is 0 Å². The van der Waals surface area contributed by atoms with Crippen LogP contribution in [-0.2, 0) is 6.54 Å². The summed E-state index contributed by atoms with van der Waals surface area (Å²) < 4.78 is 6.13. The number of para-hydroxylation sites is 1. The number of halogens is 1. The fraction of sp³-hybridized carbons (Fsp3) is 0.167. The molecule has 0 atom stereocenters. The molecule has 0 spiro atoms. The van der Waals surface area contributed by atoms with E-state index in [-0.39, 0.29) is 5.56 Å². The van der Waals surface area contributed by atoms with Gasteiger partial charge in [0.05, 0.1) is 6.33 Å². The molecule has 0 bridgehead atoms. The first-order chi connectivity index (χ1) is 8.72. The van der Waals surface area contributed by atoms with Gasteiger partial charge in [-0.1, -0.05) is 18.2 Å². The lowest BCUT2D eigenvalue weighted by Gasteiger charge is -2.10. The Morgan fingerprint density at radius 1 is 1.44 bits per heavy atom. The van der Waals surface area contributed by atoms with Gasteiger partial charge in [-0.15, -0.1) is 0 Å². The summed E-state index contributed by atoms with van der Waals surface area (Å²) in [6.45, 7) is 0.690. The molecule has 0 aliphatic carbocycles. The first-order valence-corrected chi connectivity index (χ1v) is 6.44. The Balaban J connectivity index is 2.34. The molecule has 18 heavy (non-hydrogen) atoms. The first kappa shape index (κ1) is 13.0. The molecule has 0 aliphatic heterocycles. The van der Waals surface area contributed by atoms with Gasteiger partial charge in [-0.2, -0.15) is 0 Å². The van der Waals surface area contributed by atoms with Crippen molar-refractivity contribution < 1.29 is 4.74 Å². The molecule has 0 unspecified atom stereocenters. The Bertz CT molecular complexity index is 598. The van der Waals surface area contributed by atoms with Gasteiger partial charge >= 0.3 is 0 Å². The number of benzene rings is 1. The third-order valence-electron chi connectivity index (χ3n) is 2.31. The van der Waals surface area contributed by atoms with Crippen LogP contribution in [0.4, 0.5) is 0 Å². The van der Waals surface area contributed by atoms with E-state index in [1.54, 1.807) is 0 Å². The van der Waals surface area contributed by atoms with Crippen LogP contribution in [0.3, 0.4) is 0 Å². The standard InChI is InChI=1S/C12H12IN3O2/c1-14-6-8-4-2-3-5-9(8)18-12-10(13)11(17)15-7-16-12/h2-5,7,14H,6H2,1H3,(H,15,16,17). The quantitative estimate of drug-likeness (QED) is 0.821. The van der Waals surface area contributed by atoms with E-state index in [4.69, 9.17) is 4.74 Å². The summed E-state index contributed by atoms with van der Waals surface area (Å²) in [5, 5.41) is 3.07. The van der Waals surface area contributed by atoms with Crippen LogP contribution in [0.15, 0.2) is 35.4 Å². The molecule has 6 heteroatoms. The molecular weight excluding hydrogens is 345 g/mol. The number of hydrogen-bond acceptors (Lipinski definition) is 4. The topological polar surface area (TPSA) is 67.0 Å². The molecular formula is C12H12IN3O2.